The number of aromatic hydroxyl groups is 3. The number of phenols is 3. The van der Waals surface area contributed by atoms with Crippen LogP contribution in [-0.2, 0) is 0 Å². The van der Waals surface area contributed by atoms with E-state index < -0.39 is 0 Å². The number of phenolic OH excluding ortho intramolecular Hbond substituents is 3. The molecular formula is C36H28O3. The van der Waals surface area contributed by atoms with Gasteiger partial charge >= 0.3 is 0 Å². The molecule has 0 bridgehead atoms. The first-order chi connectivity index (χ1) is 19.0. The normalized spacial score (nSPS) is 15.2. The van der Waals surface area contributed by atoms with Crippen LogP contribution in [0.3, 0.4) is 0 Å². The topological polar surface area (TPSA) is 60.7 Å². The van der Waals surface area contributed by atoms with Crippen molar-refractivity contribution in [2.45, 2.75) is 5.92 Å². The molecule has 0 radical (unpaired) electrons. The molecule has 39 heavy (non-hydrogen) atoms. The predicted molar refractivity (Wildman–Crippen MR) is 158 cm³/mol. The molecule has 3 nitrogen and oxygen atoms in total. The van der Waals surface area contributed by atoms with E-state index in [0.29, 0.717) is 0 Å². The molecule has 1 aliphatic carbocycles. The zero-order valence-electron chi connectivity index (χ0n) is 21.3. The summed E-state index contributed by atoms with van der Waals surface area (Å²) in [6.45, 7) is 0. The first-order valence-electron chi connectivity index (χ1n) is 13.0. The van der Waals surface area contributed by atoms with Crippen LogP contribution >= 0.6 is 0 Å². The first kappa shape index (κ1) is 24.3. The highest BCUT2D eigenvalue weighted by atomic mass is 16.3. The summed E-state index contributed by atoms with van der Waals surface area (Å²) < 4.78 is 0. The van der Waals surface area contributed by atoms with Crippen LogP contribution in [0.1, 0.15) is 22.6 Å². The molecule has 5 aromatic rings. The fourth-order valence-corrected chi connectivity index (χ4v) is 5.35. The molecule has 0 saturated carbocycles. The molecule has 0 fully saturated rings. The van der Waals surface area contributed by atoms with E-state index in [2.05, 4.69) is 60.7 Å². The van der Waals surface area contributed by atoms with E-state index in [1.165, 1.54) is 0 Å². The Bertz CT molecular complexity index is 1650. The predicted octanol–water partition coefficient (Wildman–Crippen LogP) is 8.54. The fraction of sp³-hybridized carbons (Fsp3) is 0.0556. The number of allylic oxidation sites excluding steroid dienone is 4. The van der Waals surface area contributed by atoms with Gasteiger partial charge in [0, 0.05) is 17.4 Å². The maximum Gasteiger partial charge on any atom is 0.119 e. The van der Waals surface area contributed by atoms with Crippen LogP contribution in [0.25, 0.3) is 27.8 Å². The van der Waals surface area contributed by atoms with E-state index >= 15 is 0 Å². The molecule has 0 aromatic heterocycles. The van der Waals surface area contributed by atoms with Gasteiger partial charge in [-0.05, 0) is 75.4 Å². The Morgan fingerprint density at radius 2 is 1.05 bits per heavy atom. The lowest BCUT2D eigenvalue weighted by Gasteiger charge is -2.24. The molecule has 6 rings (SSSR count). The summed E-state index contributed by atoms with van der Waals surface area (Å²) in [5.74, 6) is 0.590. The summed E-state index contributed by atoms with van der Waals surface area (Å²) in [7, 11) is 0. The van der Waals surface area contributed by atoms with Gasteiger partial charge in [-0.25, -0.2) is 0 Å². The average molecular weight is 509 g/mol. The Labute approximate surface area is 228 Å². The maximum atomic E-state index is 11.2. The minimum atomic E-state index is -0.127. The van der Waals surface area contributed by atoms with Gasteiger partial charge in [0.1, 0.15) is 17.2 Å². The van der Waals surface area contributed by atoms with Crippen molar-refractivity contribution in [2.75, 3.05) is 0 Å². The summed E-state index contributed by atoms with van der Waals surface area (Å²) in [6.07, 6.45) is 6.53. The minimum absolute atomic E-state index is 0.0114. The van der Waals surface area contributed by atoms with Crippen LogP contribution in [0.5, 0.6) is 17.2 Å². The summed E-state index contributed by atoms with van der Waals surface area (Å²) in [4.78, 5) is 0. The molecule has 5 aromatic carbocycles. The zero-order chi connectivity index (χ0) is 26.8. The third-order valence-corrected chi connectivity index (χ3v) is 7.40. The van der Waals surface area contributed by atoms with E-state index in [9.17, 15) is 15.3 Å². The summed E-state index contributed by atoms with van der Waals surface area (Å²) >= 11 is 0. The molecule has 2 atom stereocenters. The van der Waals surface area contributed by atoms with Gasteiger partial charge in [-0.3, -0.25) is 0 Å². The summed E-state index contributed by atoms with van der Waals surface area (Å²) in [5, 5.41) is 30.6. The van der Waals surface area contributed by atoms with Gasteiger partial charge in [-0.2, -0.15) is 0 Å². The van der Waals surface area contributed by atoms with Crippen LogP contribution in [0.15, 0.2) is 140 Å². The van der Waals surface area contributed by atoms with Crippen molar-refractivity contribution in [3.63, 3.8) is 0 Å². The monoisotopic (exact) mass is 508 g/mol. The van der Waals surface area contributed by atoms with Gasteiger partial charge in [0.2, 0.25) is 0 Å². The Morgan fingerprint density at radius 1 is 0.513 bits per heavy atom. The van der Waals surface area contributed by atoms with Gasteiger partial charge in [0.25, 0.3) is 0 Å². The van der Waals surface area contributed by atoms with Crippen LogP contribution < -0.4 is 0 Å². The van der Waals surface area contributed by atoms with E-state index in [0.717, 1.165) is 44.5 Å². The Kier molecular flexibility index (Phi) is 6.48. The second-order valence-electron chi connectivity index (χ2n) is 9.89. The molecule has 190 valence electrons. The quantitative estimate of drug-likeness (QED) is 0.215. The van der Waals surface area contributed by atoms with E-state index in [1.54, 1.807) is 30.3 Å². The molecule has 0 heterocycles. The van der Waals surface area contributed by atoms with Crippen molar-refractivity contribution in [1.82, 2.24) is 0 Å². The molecule has 0 saturated heterocycles. The van der Waals surface area contributed by atoms with Crippen molar-refractivity contribution in [3.8, 4) is 39.5 Å². The second-order valence-corrected chi connectivity index (χ2v) is 9.89. The maximum absolute atomic E-state index is 11.2. The van der Waals surface area contributed by atoms with Crippen molar-refractivity contribution in [1.29, 1.82) is 0 Å². The number of benzene rings is 5. The van der Waals surface area contributed by atoms with Crippen LogP contribution in [0.4, 0.5) is 0 Å². The average Bonchev–Trinajstić information content (AvgIpc) is 3.46. The van der Waals surface area contributed by atoms with Crippen molar-refractivity contribution < 1.29 is 15.3 Å². The van der Waals surface area contributed by atoms with Crippen LogP contribution in [-0.4, -0.2) is 15.3 Å². The summed E-state index contributed by atoms with van der Waals surface area (Å²) in [6, 6.07) is 38.9. The second kappa shape index (κ2) is 10.4. The highest BCUT2D eigenvalue weighted by molar-refractivity contribution is 5.78. The van der Waals surface area contributed by atoms with Gasteiger partial charge in [0.05, 0.1) is 0 Å². The zero-order valence-corrected chi connectivity index (χ0v) is 21.3. The fourth-order valence-electron chi connectivity index (χ4n) is 5.35. The molecule has 0 amide bonds. The van der Waals surface area contributed by atoms with Gasteiger partial charge in [0.15, 0.2) is 0 Å². The first-order valence-corrected chi connectivity index (χ1v) is 13.0. The van der Waals surface area contributed by atoms with Crippen LogP contribution in [0, 0.1) is 5.92 Å². The largest absolute Gasteiger partial charge is 0.508 e. The Balaban J connectivity index is 1.44. The number of hydrogen-bond donors (Lipinski definition) is 3. The number of hydrogen-bond acceptors (Lipinski definition) is 3. The Morgan fingerprint density at radius 3 is 1.72 bits per heavy atom. The van der Waals surface area contributed by atoms with Crippen molar-refractivity contribution in [3.05, 3.63) is 156 Å². The Hall–Kier alpha value is -5.02. The van der Waals surface area contributed by atoms with Gasteiger partial charge in [-0.1, -0.05) is 103 Å². The van der Waals surface area contributed by atoms with E-state index in [1.807, 2.05) is 48.5 Å². The highest BCUT2D eigenvalue weighted by Gasteiger charge is 2.27. The molecule has 3 N–H and O–H groups in total. The van der Waals surface area contributed by atoms with Gasteiger partial charge < -0.3 is 15.3 Å². The standard InChI is InChI=1S/C36H28O3/c37-32-17-12-26(13-18-32)29-10-11-31(22-29)36(28-8-6-25(7-9-28)24-4-2-1-3-5-24)34-23-30(16-21-35(34)39)27-14-19-33(38)20-15-27/h1-23,31,36-39H. The number of rotatable bonds is 6. The molecule has 1 aliphatic rings. The van der Waals surface area contributed by atoms with Crippen molar-refractivity contribution in [2.24, 2.45) is 5.92 Å². The molecular weight excluding hydrogens is 480 g/mol. The summed E-state index contributed by atoms with van der Waals surface area (Å²) in [5.41, 5.74) is 8.30. The highest BCUT2D eigenvalue weighted by Crippen LogP contribution is 2.44. The smallest absolute Gasteiger partial charge is 0.119 e. The molecule has 0 spiro atoms. The molecule has 2 unspecified atom stereocenters. The third-order valence-electron chi connectivity index (χ3n) is 7.40. The van der Waals surface area contributed by atoms with Crippen LogP contribution in [0.2, 0.25) is 0 Å². The molecule has 0 aliphatic heterocycles. The lowest BCUT2D eigenvalue weighted by Crippen LogP contribution is -2.10. The van der Waals surface area contributed by atoms with Crippen molar-refractivity contribution >= 4 is 5.57 Å². The lowest BCUT2D eigenvalue weighted by atomic mass is 9.79. The lowest BCUT2D eigenvalue weighted by molar-refractivity contribution is 0.461. The molecule has 3 heteroatoms. The minimum Gasteiger partial charge on any atom is -0.508 e. The third kappa shape index (κ3) is 5.07. The SMILES string of the molecule is Oc1ccc(C2=CC(C(c3ccc(-c4ccccc4)cc3)c3cc(-c4ccc(O)cc4)ccc3O)C=C2)cc1. The van der Waals surface area contributed by atoms with E-state index in [4.69, 9.17) is 0 Å². The van der Waals surface area contributed by atoms with E-state index in [-0.39, 0.29) is 29.1 Å². The van der Waals surface area contributed by atoms with Gasteiger partial charge in [-0.15, -0.1) is 0 Å².